The minimum absolute atomic E-state index is 0.187. The fraction of sp³-hybridized carbons (Fsp3) is 0.158. The van der Waals surface area contributed by atoms with E-state index in [-0.39, 0.29) is 11.9 Å². The monoisotopic (exact) mass is 319 g/mol. The fourth-order valence-corrected chi connectivity index (χ4v) is 3.17. The maximum atomic E-state index is 12.5. The standard InChI is InChI=1S/C19H17N3O2/c23-17-11-14-3-1-2-4-16(14)18(17)21-19(24)13-5-7-15(8-6-13)22-10-9-20-12-22/h1-10,12,17-18,23H,11H2,(H,21,24)/t17-,18-/m1/s1. The Labute approximate surface area is 139 Å². The van der Waals surface area contributed by atoms with Crippen LogP contribution in [0.1, 0.15) is 27.5 Å². The largest absolute Gasteiger partial charge is 0.390 e. The molecule has 1 aliphatic carbocycles. The third-order valence-electron chi connectivity index (χ3n) is 4.42. The molecule has 5 heteroatoms. The predicted octanol–water partition coefficient (Wildman–Crippen LogP) is 2.26. The first-order chi connectivity index (χ1) is 11.7. The number of carbonyl (C=O) groups is 1. The summed E-state index contributed by atoms with van der Waals surface area (Å²) in [5, 5.41) is 13.2. The van der Waals surface area contributed by atoms with Gasteiger partial charge in [-0.05, 0) is 35.4 Å². The third kappa shape index (κ3) is 2.59. The van der Waals surface area contributed by atoms with E-state index in [9.17, 15) is 9.90 Å². The van der Waals surface area contributed by atoms with Crippen molar-refractivity contribution in [1.82, 2.24) is 14.9 Å². The van der Waals surface area contributed by atoms with Crippen LogP contribution in [0.4, 0.5) is 0 Å². The molecule has 1 aromatic heterocycles. The second kappa shape index (κ2) is 5.94. The molecule has 120 valence electrons. The van der Waals surface area contributed by atoms with Crippen molar-refractivity contribution in [2.45, 2.75) is 18.6 Å². The number of aliphatic hydroxyl groups is 1. The third-order valence-corrected chi connectivity index (χ3v) is 4.42. The maximum Gasteiger partial charge on any atom is 0.251 e. The molecule has 0 saturated carbocycles. The number of fused-ring (bicyclic) bond motifs is 1. The first-order valence-corrected chi connectivity index (χ1v) is 7.87. The van der Waals surface area contributed by atoms with Gasteiger partial charge in [0.25, 0.3) is 5.91 Å². The minimum atomic E-state index is -0.587. The Kier molecular flexibility index (Phi) is 3.63. The molecule has 0 spiro atoms. The van der Waals surface area contributed by atoms with Crippen molar-refractivity contribution < 1.29 is 9.90 Å². The molecule has 4 rings (SSSR count). The summed E-state index contributed by atoms with van der Waals surface area (Å²) in [6, 6.07) is 14.8. The van der Waals surface area contributed by atoms with E-state index in [0.29, 0.717) is 12.0 Å². The molecule has 0 fully saturated rings. The van der Waals surface area contributed by atoms with Crippen LogP contribution in [0.5, 0.6) is 0 Å². The summed E-state index contributed by atoms with van der Waals surface area (Å²) < 4.78 is 1.87. The number of rotatable bonds is 3. The molecule has 5 nitrogen and oxygen atoms in total. The van der Waals surface area contributed by atoms with Crippen LogP contribution < -0.4 is 5.32 Å². The number of nitrogens with zero attached hydrogens (tertiary/aromatic N) is 2. The van der Waals surface area contributed by atoms with Gasteiger partial charge in [-0.15, -0.1) is 0 Å². The number of aromatic nitrogens is 2. The highest BCUT2D eigenvalue weighted by Crippen LogP contribution is 2.31. The van der Waals surface area contributed by atoms with Crippen molar-refractivity contribution in [1.29, 1.82) is 0 Å². The van der Waals surface area contributed by atoms with E-state index in [1.807, 2.05) is 47.2 Å². The molecule has 0 aliphatic heterocycles. The van der Waals surface area contributed by atoms with Gasteiger partial charge in [0.05, 0.1) is 18.5 Å². The Balaban J connectivity index is 1.52. The Bertz CT molecular complexity index is 857. The molecular formula is C19H17N3O2. The Morgan fingerprint density at radius 3 is 2.71 bits per heavy atom. The van der Waals surface area contributed by atoms with E-state index >= 15 is 0 Å². The van der Waals surface area contributed by atoms with Crippen LogP contribution in [0.15, 0.2) is 67.3 Å². The van der Waals surface area contributed by atoms with Gasteiger partial charge in [-0.3, -0.25) is 4.79 Å². The molecule has 2 atom stereocenters. The van der Waals surface area contributed by atoms with Gasteiger partial charge < -0.3 is 15.0 Å². The van der Waals surface area contributed by atoms with Crippen molar-refractivity contribution in [2.75, 3.05) is 0 Å². The first kappa shape index (κ1) is 14.7. The second-order valence-corrected chi connectivity index (χ2v) is 5.94. The van der Waals surface area contributed by atoms with Gasteiger partial charge in [-0.25, -0.2) is 4.98 Å². The van der Waals surface area contributed by atoms with E-state index in [4.69, 9.17) is 0 Å². The summed E-state index contributed by atoms with van der Waals surface area (Å²) >= 11 is 0. The Morgan fingerprint density at radius 2 is 1.96 bits per heavy atom. The van der Waals surface area contributed by atoms with Crippen molar-refractivity contribution in [3.8, 4) is 5.69 Å². The normalized spacial score (nSPS) is 19.0. The lowest BCUT2D eigenvalue weighted by Crippen LogP contribution is -2.33. The highest BCUT2D eigenvalue weighted by molar-refractivity contribution is 5.94. The van der Waals surface area contributed by atoms with E-state index in [1.54, 1.807) is 24.7 Å². The number of amides is 1. The molecule has 0 bridgehead atoms. The van der Waals surface area contributed by atoms with Gasteiger partial charge in [0.15, 0.2) is 0 Å². The first-order valence-electron chi connectivity index (χ1n) is 7.87. The molecule has 24 heavy (non-hydrogen) atoms. The molecule has 0 radical (unpaired) electrons. The predicted molar refractivity (Wildman–Crippen MR) is 89.9 cm³/mol. The molecule has 2 aromatic carbocycles. The summed E-state index contributed by atoms with van der Waals surface area (Å²) in [6.07, 6.45) is 5.25. The van der Waals surface area contributed by atoms with E-state index in [0.717, 1.165) is 16.8 Å². The number of hydrogen-bond acceptors (Lipinski definition) is 3. The van der Waals surface area contributed by atoms with E-state index in [1.165, 1.54) is 0 Å². The average molecular weight is 319 g/mol. The molecule has 0 unspecified atom stereocenters. The maximum absolute atomic E-state index is 12.5. The number of carbonyl (C=O) groups excluding carboxylic acids is 1. The fourth-order valence-electron chi connectivity index (χ4n) is 3.17. The summed E-state index contributed by atoms with van der Waals surface area (Å²) in [4.78, 5) is 16.5. The zero-order chi connectivity index (χ0) is 16.5. The van der Waals surface area contributed by atoms with Gasteiger partial charge in [-0.2, -0.15) is 0 Å². The highest BCUT2D eigenvalue weighted by atomic mass is 16.3. The molecule has 1 amide bonds. The van der Waals surface area contributed by atoms with Crippen LogP contribution in [0, 0.1) is 0 Å². The van der Waals surface area contributed by atoms with Crippen molar-refractivity contribution in [3.63, 3.8) is 0 Å². The SMILES string of the molecule is O=C(N[C@@H]1c2ccccc2C[C@H]1O)c1ccc(-n2ccnc2)cc1. The van der Waals surface area contributed by atoms with Crippen LogP contribution in [0.25, 0.3) is 5.69 Å². The average Bonchev–Trinajstić information content (AvgIpc) is 3.24. The topological polar surface area (TPSA) is 67.2 Å². The zero-order valence-electron chi connectivity index (χ0n) is 13.0. The quantitative estimate of drug-likeness (QED) is 0.778. The summed E-state index contributed by atoms with van der Waals surface area (Å²) in [7, 11) is 0. The molecular weight excluding hydrogens is 302 g/mol. The van der Waals surface area contributed by atoms with Crippen molar-refractivity contribution in [2.24, 2.45) is 0 Å². The van der Waals surface area contributed by atoms with Crippen LogP contribution in [-0.4, -0.2) is 26.7 Å². The lowest BCUT2D eigenvalue weighted by Gasteiger charge is -2.18. The van der Waals surface area contributed by atoms with Crippen LogP contribution >= 0.6 is 0 Å². The summed E-state index contributed by atoms with van der Waals surface area (Å²) in [5.41, 5.74) is 3.59. The molecule has 1 aliphatic rings. The van der Waals surface area contributed by atoms with Crippen molar-refractivity contribution in [3.05, 3.63) is 83.9 Å². The van der Waals surface area contributed by atoms with E-state index < -0.39 is 6.10 Å². The smallest absolute Gasteiger partial charge is 0.251 e. The number of benzene rings is 2. The number of hydrogen-bond donors (Lipinski definition) is 2. The number of imidazole rings is 1. The molecule has 3 aromatic rings. The van der Waals surface area contributed by atoms with Gasteiger partial charge in [0.2, 0.25) is 0 Å². The Morgan fingerprint density at radius 1 is 1.17 bits per heavy atom. The molecule has 2 N–H and O–H groups in total. The van der Waals surface area contributed by atoms with Gasteiger partial charge in [-0.1, -0.05) is 24.3 Å². The summed E-state index contributed by atoms with van der Waals surface area (Å²) in [6.45, 7) is 0. The van der Waals surface area contributed by atoms with Crippen LogP contribution in [0.2, 0.25) is 0 Å². The second-order valence-electron chi connectivity index (χ2n) is 5.94. The lowest BCUT2D eigenvalue weighted by molar-refractivity contribution is 0.0858. The highest BCUT2D eigenvalue weighted by Gasteiger charge is 2.31. The minimum Gasteiger partial charge on any atom is -0.390 e. The summed E-state index contributed by atoms with van der Waals surface area (Å²) in [5.74, 6) is -0.187. The van der Waals surface area contributed by atoms with E-state index in [2.05, 4.69) is 10.3 Å². The van der Waals surface area contributed by atoms with Crippen molar-refractivity contribution >= 4 is 5.91 Å². The number of aliphatic hydroxyl groups excluding tert-OH is 1. The van der Waals surface area contributed by atoms with Gasteiger partial charge in [0, 0.05) is 30.1 Å². The van der Waals surface area contributed by atoms with Gasteiger partial charge in [0.1, 0.15) is 0 Å². The zero-order valence-corrected chi connectivity index (χ0v) is 13.0. The molecule has 1 heterocycles. The molecule has 0 saturated heterocycles. The lowest BCUT2D eigenvalue weighted by atomic mass is 10.1. The van der Waals surface area contributed by atoms with Crippen LogP contribution in [0.3, 0.4) is 0 Å². The van der Waals surface area contributed by atoms with Crippen LogP contribution in [-0.2, 0) is 6.42 Å². The van der Waals surface area contributed by atoms with Gasteiger partial charge >= 0.3 is 0 Å². The number of nitrogens with one attached hydrogen (secondary N) is 1. The Hall–Kier alpha value is -2.92.